The molecule has 26 heavy (non-hydrogen) atoms. The van der Waals surface area contributed by atoms with Gasteiger partial charge in [-0.2, -0.15) is 0 Å². The van der Waals surface area contributed by atoms with Crippen molar-refractivity contribution in [3.8, 4) is 5.75 Å². The van der Waals surface area contributed by atoms with E-state index in [9.17, 15) is 13.2 Å². The van der Waals surface area contributed by atoms with Crippen LogP contribution in [-0.2, 0) is 14.6 Å². The number of amides is 1. The number of benzene rings is 2. The lowest BCUT2D eigenvalue weighted by Crippen LogP contribution is -2.13. The van der Waals surface area contributed by atoms with Crippen molar-refractivity contribution < 1.29 is 17.9 Å². The molecule has 0 aromatic heterocycles. The van der Waals surface area contributed by atoms with Gasteiger partial charge in [0.2, 0.25) is 5.91 Å². The van der Waals surface area contributed by atoms with Gasteiger partial charge in [0.25, 0.3) is 0 Å². The summed E-state index contributed by atoms with van der Waals surface area (Å²) in [5.41, 5.74) is 6.38. The van der Waals surface area contributed by atoms with E-state index in [1.807, 2.05) is 0 Å². The number of hydrogen-bond acceptors (Lipinski definition) is 5. The molecule has 2 aromatic rings. The third-order valence-electron chi connectivity index (χ3n) is 3.43. The number of anilines is 2. The first-order valence-corrected chi connectivity index (χ1v) is 10.3. The maximum absolute atomic E-state index is 11.9. The fourth-order valence-electron chi connectivity index (χ4n) is 2.09. The first-order chi connectivity index (χ1) is 12.2. The van der Waals surface area contributed by atoms with Gasteiger partial charge >= 0.3 is 0 Å². The molecule has 9 heteroatoms. The highest BCUT2D eigenvalue weighted by molar-refractivity contribution is 7.90. The molecule has 6 nitrogen and oxygen atoms in total. The number of nitrogen functional groups attached to an aromatic ring is 1. The zero-order valence-electron chi connectivity index (χ0n) is 14.0. The number of sulfone groups is 1. The van der Waals surface area contributed by atoms with Crippen LogP contribution in [0.2, 0.25) is 10.0 Å². The highest BCUT2D eigenvalue weighted by Gasteiger charge is 2.09. The van der Waals surface area contributed by atoms with Crippen molar-refractivity contribution in [2.45, 2.75) is 17.7 Å². The first kappa shape index (κ1) is 20.4. The summed E-state index contributed by atoms with van der Waals surface area (Å²) >= 11 is 11.8. The molecule has 0 unspecified atom stereocenters. The molecular weight excluding hydrogens is 399 g/mol. The Morgan fingerprint density at radius 2 is 1.73 bits per heavy atom. The predicted octanol–water partition coefficient (Wildman–Crippen LogP) is 3.78. The summed E-state index contributed by atoms with van der Waals surface area (Å²) in [7, 11) is -3.23. The second kappa shape index (κ2) is 8.62. The lowest BCUT2D eigenvalue weighted by molar-refractivity contribution is -0.116. The van der Waals surface area contributed by atoms with Crippen LogP contribution in [0.1, 0.15) is 12.8 Å². The molecule has 140 valence electrons. The van der Waals surface area contributed by atoms with E-state index < -0.39 is 9.84 Å². The molecule has 0 atom stereocenters. The molecular formula is C17H18Cl2N2O4S. The van der Waals surface area contributed by atoms with Gasteiger partial charge in [-0.1, -0.05) is 23.2 Å². The average Bonchev–Trinajstić information content (AvgIpc) is 2.56. The van der Waals surface area contributed by atoms with Crippen molar-refractivity contribution in [3.63, 3.8) is 0 Å². The first-order valence-electron chi connectivity index (χ1n) is 7.64. The third-order valence-corrected chi connectivity index (χ3v) is 5.19. The smallest absolute Gasteiger partial charge is 0.224 e. The Hall–Kier alpha value is -1.96. The number of nitrogens with two attached hydrogens (primary N) is 1. The molecule has 0 spiro atoms. The molecule has 2 rings (SSSR count). The lowest BCUT2D eigenvalue weighted by Gasteiger charge is -2.09. The molecule has 0 radical (unpaired) electrons. The van der Waals surface area contributed by atoms with Gasteiger partial charge in [0, 0.05) is 18.4 Å². The largest absolute Gasteiger partial charge is 0.494 e. The van der Waals surface area contributed by atoms with Gasteiger partial charge in [-0.15, -0.1) is 0 Å². The molecule has 0 saturated carbocycles. The van der Waals surface area contributed by atoms with Crippen LogP contribution < -0.4 is 15.8 Å². The Kier molecular flexibility index (Phi) is 6.75. The molecule has 0 bridgehead atoms. The van der Waals surface area contributed by atoms with Crippen LogP contribution in [-0.4, -0.2) is 27.2 Å². The second-order valence-corrected chi connectivity index (χ2v) is 8.43. The average molecular weight is 417 g/mol. The number of rotatable bonds is 7. The van der Waals surface area contributed by atoms with Crippen LogP contribution >= 0.6 is 23.2 Å². The standard InChI is InChI=1S/C17H18Cl2N2O4S/c1-26(23,24)13-6-4-12(5-7-13)25-8-2-3-16(22)21-11-9-14(18)17(20)15(19)10-11/h4-7,9-10H,2-3,8,20H2,1H3,(H,21,22). The quantitative estimate of drug-likeness (QED) is 0.528. The van der Waals surface area contributed by atoms with Gasteiger partial charge in [-0.3, -0.25) is 4.79 Å². The highest BCUT2D eigenvalue weighted by Crippen LogP contribution is 2.31. The van der Waals surface area contributed by atoms with Crippen LogP contribution in [0.15, 0.2) is 41.3 Å². The van der Waals surface area contributed by atoms with Crippen molar-refractivity contribution in [3.05, 3.63) is 46.4 Å². The zero-order chi connectivity index (χ0) is 19.3. The molecule has 0 saturated heterocycles. The van der Waals surface area contributed by atoms with Gasteiger partial charge in [-0.05, 0) is 42.8 Å². The van der Waals surface area contributed by atoms with Crippen molar-refractivity contribution in [1.82, 2.24) is 0 Å². The molecule has 0 aliphatic heterocycles. The minimum Gasteiger partial charge on any atom is -0.494 e. The Labute approximate surface area is 162 Å². The van der Waals surface area contributed by atoms with Crippen LogP contribution in [0, 0.1) is 0 Å². The topological polar surface area (TPSA) is 98.5 Å². The number of nitrogens with one attached hydrogen (secondary N) is 1. The predicted molar refractivity (Wildman–Crippen MR) is 104 cm³/mol. The fraction of sp³-hybridized carbons (Fsp3) is 0.235. The summed E-state index contributed by atoms with van der Waals surface area (Å²) in [4.78, 5) is 12.2. The van der Waals surface area contributed by atoms with E-state index >= 15 is 0 Å². The summed E-state index contributed by atoms with van der Waals surface area (Å²) in [6.45, 7) is 0.314. The Morgan fingerprint density at radius 3 is 2.27 bits per heavy atom. The van der Waals surface area contributed by atoms with E-state index in [0.717, 1.165) is 6.26 Å². The van der Waals surface area contributed by atoms with Crippen LogP contribution in [0.3, 0.4) is 0 Å². The Balaban J connectivity index is 1.78. The zero-order valence-corrected chi connectivity index (χ0v) is 16.3. The molecule has 3 N–H and O–H groups in total. The van der Waals surface area contributed by atoms with Gasteiger partial charge in [0.1, 0.15) is 5.75 Å². The van der Waals surface area contributed by atoms with Crippen LogP contribution in [0.5, 0.6) is 5.75 Å². The van der Waals surface area contributed by atoms with Gasteiger partial charge in [0.05, 0.1) is 27.2 Å². The normalized spacial score (nSPS) is 11.2. The van der Waals surface area contributed by atoms with E-state index in [1.54, 1.807) is 12.1 Å². The third kappa shape index (κ3) is 5.79. The van der Waals surface area contributed by atoms with Gasteiger partial charge < -0.3 is 15.8 Å². The maximum atomic E-state index is 11.9. The lowest BCUT2D eigenvalue weighted by atomic mass is 10.2. The monoisotopic (exact) mass is 416 g/mol. The van der Waals surface area contributed by atoms with Gasteiger partial charge in [0.15, 0.2) is 9.84 Å². The summed E-state index contributed by atoms with van der Waals surface area (Å²) in [5.74, 6) is 0.327. The van der Waals surface area contributed by atoms with E-state index in [2.05, 4.69) is 5.32 Å². The number of ether oxygens (including phenoxy) is 1. The van der Waals surface area contributed by atoms with Crippen molar-refractivity contribution in [1.29, 1.82) is 0 Å². The Bertz CT molecular complexity index is 876. The van der Waals surface area contributed by atoms with Crippen molar-refractivity contribution in [2.75, 3.05) is 23.9 Å². The molecule has 0 fully saturated rings. The Morgan fingerprint density at radius 1 is 1.15 bits per heavy atom. The van der Waals surface area contributed by atoms with E-state index in [1.165, 1.54) is 24.3 Å². The number of hydrogen-bond donors (Lipinski definition) is 2. The van der Waals surface area contributed by atoms with E-state index in [4.69, 9.17) is 33.7 Å². The van der Waals surface area contributed by atoms with Crippen LogP contribution in [0.4, 0.5) is 11.4 Å². The minimum absolute atomic E-state index is 0.210. The van der Waals surface area contributed by atoms with Crippen LogP contribution in [0.25, 0.3) is 0 Å². The summed E-state index contributed by atoms with van der Waals surface area (Å²) in [6.07, 6.45) is 1.86. The SMILES string of the molecule is CS(=O)(=O)c1ccc(OCCCC(=O)Nc2cc(Cl)c(N)c(Cl)c2)cc1. The molecule has 0 aliphatic carbocycles. The summed E-state index contributed by atoms with van der Waals surface area (Å²) in [5, 5.41) is 3.23. The van der Waals surface area contributed by atoms with E-state index in [0.29, 0.717) is 24.5 Å². The molecule has 0 heterocycles. The summed E-state index contributed by atoms with van der Waals surface area (Å²) < 4.78 is 28.3. The number of halogens is 2. The van der Waals surface area contributed by atoms with Gasteiger partial charge in [-0.25, -0.2) is 8.42 Å². The molecule has 0 aliphatic rings. The van der Waals surface area contributed by atoms with E-state index in [-0.39, 0.29) is 33.0 Å². The number of carbonyl (C=O) groups excluding carboxylic acids is 1. The molecule has 1 amide bonds. The number of carbonyl (C=O) groups is 1. The summed E-state index contributed by atoms with van der Waals surface area (Å²) in [6, 6.07) is 9.17. The maximum Gasteiger partial charge on any atom is 0.224 e. The van der Waals surface area contributed by atoms with Crippen molar-refractivity contribution in [2.24, 2.45) is 0 Å². The molecule has 2 aromatic carbocycles. The minimum atomic E-state index is -3.23. The fourth-order valence-corrected chi connectivity index (χ4v) is 3.20. The van der Waals surface area contributed by atoms with Crippen molar-refractivity contribution >= 4 is 50.3 Å². The second-order valence-electron chi connectivity index (χ2n) is 5.60. The highest BCUT2D eigenvalue weighted by atomic mass is 35.5.